The quantitative estimate of drug-likeness (QED) is 0.681. The van der Waals surface area contributed by atoms with Crippen LogP contribution in [0.3, 0.4) is 0 Å². The van der Waals surface area contributed by atoms with Crippen molar-refractivity contribution < 1.29 is 0 Å². The zero-order valence-corrected chi connectivity index (χ0v) is 13.9. The van der Waals surface area contributed by atoms with E-state index in [1.165, 1.54) is 17.5 Å². The zero-order valence-electron chi connectivity index (χ0n) is 13.9. The number of benzene rings is 2. The second-order valence-electron chi connectivity index (χ2n) is 5.88. The lowest BCUT2D eigenvalue weighted by atomic mass is 9.97. The van der Waals surface area contributed by atoms with Crippen molar-refractivity contribution in [1.82, 2.24) is 0 Å². The number of hydrogen-bond donors (Lipinski definition) is 1. The minimum atomic E-state index is 0.904. The van der Waals surface area contributed by atoms with Crippen LogP contribution in [0.25, 0.3) is 11.3 Å². The van der Waals surface area contributed by atoms with Crippen LogP contribution in [0.15, 0.2) is 55.6 Å². The maximum atomic E-state index is 4.20. The first-order valence-corrected chi connectivity index (χ1v) is 7.83. The van der Waals surface area contributed by atoms with Gasteiger partial charge < -0.3 is 5.32 Å². The van der Waals surface area contributed by atoms with Crippen molar-refractivity contribution in [2.24, 2.45) is 0 Å². The van der Waals surface area contributed by atoms with Crippen LogP contribution < -0.4 is 5.32 Å². The lowest BCUT2D eigenvalue weighted by Crippen LogP contribution is -2.01. The van der Waals surface area contributed by atoms with E-state index in [1.54, 1.807) is 0 Å². The lowest BCUT2D eigenvalue weighted by molar-refractivity contribution is 0.922. The number of rotatable bonds is 6. The van der Waals surface area contributed by atoms with Gasteiger partial charge in [0, 0.05) is 16.9 Å². The molecule has 0 amide bonds. The van der Waals surface area contributed by atoms with Gasteiger partial charge in [0.05, 0.1) is 0 Å². The van der Waals surface area contributed by atoms with Crippen LogP contribution in [0.2, 0.25) is 0 Å². The molecule has 0 spiro atoms. The largest absolute Gasteiger partial charge is 0.356 e. The van der Waals surface area contributed by atoms with Gasteiger partial charge in [0.1, 0.15) is 0 Å². The first kappa shape index (κ1) is 16.1. The number of allylic oxidation sites excluding steroid dienone is 1. The van der Waals surface area contributed by atoms with Crippen LogP contribution in [0.4, 0.5) is 5.69 Å². The van der Waals surface area contributed by atoms with E-state index in [9.17, 15) is 0 Å². The summed E-state index contributed by atoms with van der Waals surface area (Å²) in [7, 11) is 0. The Morgan fingerprint density at radius 1 is 1.00 bits per heavy atom. The van der Waals surface area contributed by atoms with E-state index in [-0.39, 0.29) is 0 Å². The third-order valence-electron chi connectivity index (χ3n) is 3.75. The molecule has 0 saturated heterocycles. The zero-order chi connectivity index (χ0) is 16.1. The van der Waals surface area contributed by atoms with Crippen molar-refractivity contribution in [1.29, 1.82) is 0 Å². The molecule has 2 rings (SSSR count). The van der Waals surface area contributed by atoms with E-state index >= 15 is 0 Å². The Labute approximate surface area is 134 Å². The van der Waals surface area contributed by atoms with E-state index in [1.807, 2.05) is 6.92 Å². The smallest absolute Gasteiger partial charge is 0.0390 e. The molecule has 0 aliphatic rings. The van der Waals surface area contributed by atoms with Crippen LogP contribution in [0.1, 0.15) is 42.5 Å². The summed E-state index contributed by atoms with van der Waals surface area (Å²) >= 11 is 0. The summed E-state index contributed by atoms with van der Waals surface area (Å²) in [5, 5.41) is 3.41. The Morgan fingerprint density at radius 2 is 1.68 bits per heavy atom. The summed E-state index contributed by atoms with van der Waals surface area (Å²) in [6.07, 6.45) is 2.30. The molecule has 1 heteroatoms. The highest BCUT2D eigenvalue weighted by molar-refractivity contribution is 5.83. The van der Waals surface area contributed by atoms with Gasteiger partial charge in [-0.15, -0.1) is 0 Å². The Kier molecular flexibility index (Phi) is 5.21. The van der Waals surface area contributed by atoms with Gasteiger partial charge in [-0.3, -0.25) is 0 Å². The second kappa shape index (κ2) is 7.13. The first-order valence-electron chi connectivity index (χ1n) is 7.83. The summed E-state index contributed by atoms with van der Waals surface area (Å²) in [5.74, 6) is 0. The van der Waals surface area contributed by atoms with Crippen molar-refractivity contribution in [3.8, 4) is 0 Å². The third-order valence-corrected chi connectivity index (χ3v) is 3.75. The minimum Gasteiger partial charge on any atom is -0.356 e. The van der Waals surface area contributed by atoms with E-state index < -0.39 is 0 Å². The molecule has 0 aliphatic carbocycles. The van der Waals surface area contributed by atoms with E-state index in [2.05, 4.69) is 74.8 Å². The fourth-order valence-electron chi connectivity index (χ4n) is 2.56. The van der Waals surface area contributed by atoms with Crippen molar-refractivity contribution in [3.05, 3.63) is 77.9 Å². The van der Waals surface area contributed by atoms with E-state index in [0.717, 1.165) is 34.5 Å². The molecule has 114 valence electrons. The lowest BCUT2D eigenvalue weighted by Gasteiger charge is -2.15. The molecular formula is C21H25N. The number of hydrogen-bond acceptors (Lipinski definition) is 1. The van der Waals surface area contributed by atoms with Gasteiger partial charge in [0.15, 0.2) is 0 Å². The van der Waals surface area contributed by atoms with Gasteiger partial charge in [-0.05, 0) is 43.5 Å². The third kappa shape index (κ3) is 3.88. The average Bonchev–Trinajstić information content (AvgIpc) is 2.49. The second-order valence-corrected chi connectivity index (χ2v) is 5.88. The van der Waals surface area contributed by atoms with Crippen LogP contribution in [0.5, 0.6) is 0 Å². The van der Waals surface area contributed by atoms with E-state index in [4.69, 9.17) is 0 Å². The van der Waals surface area contributed by atoms with Gasteiger partial charge in [-0.25, -0.2) is 0 Å². The molecular weight excluding hydrogens is 266 g/mol. The topological polar surface area (TPSA) is 12.0 Å². The Balaban J connectivity index is 2.20. The molecule has 0 aromatic heterocycles. The molecule has 0 saturated carbocycles. The summed E-state index contributed by atoms with van der Waals surface area (Å²) < 4.78 is 0. The van der Waals surface area contributed by atoms with Crippen LogP contribution in [-0.4, -0.2) is 0 Å². The van der Waals surface area contributed by atoms with Crippen LogP contribution in [-0.2, 0) is 6.42 Å². The van der Waals surface area contributed by atoms with E-state index in [0.29, 0.717) is 0 Å². The van der Waals surface area contributed by atoms with Crippen LogP contribution >= 0.6 is 0 Å². The highest BCUT2D eigenvalue weighted by atomic mass is 14.9. The molecule has 2 aromatic rings. The molecule has 0 radical (unpaired) electrons. The fourth-order valence-corrected chi connectivity index (χ4v) is 2.56. The summed E-state index contributed by atoms with van der Waals surface area (Å²) in [6.45, 7) is 14.6. The van der Waals surface area contributed by atoms with Gasteiger partial charge in [-0.1, -0.05) is 68.0 Å². The van der Waals surface area contributed by atoms with Crippen molar-refractivity contribution >= 4 is 17.0 Å². The molecule has 1 N–H and O–H groups in total. The van der Waals surface area contributed by atoms with Crippen LogP contribution in [0, 0.1) is 6.92 Å². The van der Waals surface area contributed by atoms with Crippen molar-refractivity contribution in [3.63, 3.8) is 0 Å². The summed E-state index contributed by atoms with van der Waals surface area (Å²) in [6, 6.07) is 15.0. The molecule has 0 heterocycles. The standard InChI is InChI=1S/C21H25N/c1-6-7-18-9-11-19(12-10-18)22-17(5)20-13-8-16(4)14-21(20)15(2)3/h8-14,22H,2,5-7H2,1,3-4H3. The highest BCUT2D eigenvalue weighted by Gasteiger charge is 2.07. The molecule has 0 fully saturated rings. The Hall–Kier alpha value is -2.28. The SMILES string of the molecule is C=C(C)c1cc(C)ccc1C(=C)Nc1ccc(CCC)cc1. The number of nitrogens with one attached hydrogen (secondary N) is 1. The van der Waals surface area contributed by atoms with Gasteiger partial charge in [0.2, 0.25) is 0 Å². The Bertz CT molecular complexity index is 678. The monoisotopic (exact) mass is 291 g/mol. The molecule has 2 aromatic carbocycles. The molecule has 0 unspecified atom stereocenters. The normalized spacial score (nSPS) is 10.3. The first-order chi connectivity index (χ1) is 10.5. The van der Waals surface area contributed by atoms with Gasteiger partial charge in [-0.2, -0.15) is 0 Å². The highest BCUT2D eigenvalue weighted by Crippen LogP contribution is 2.26. The molecule has 0 atom stereocenters. The Morgan fingerprint density at radius 3 is 2.27 bits per heavy atom. The van der Waals surface area contributed by atoms with Gasteiger partial charge >= 0.3 is 0 Å². The van der Waals surface area contributed by atoms with Crippen molar-refractivity contribution in [2.45, 2.75) is 33.6 Å². The molecule has 0 aliphatic heterocycles. The maximum absolute atomic E-state index is 4.20. The minimum absolute atomic E-state index is 0.904. The molecule has 22 heavy (non-hydrogen) atoms. The van der Waals surface area contributed by atoms with Gasteiger partial charge in [0.25, 0.3) is 0 Å². The summed E-state index contributed by atoms with van der Waals surface area (Å²) in [5.41, 5.74) is 7.89. The fraction of sp³-hybridized carbons (Fsp3) is 0.238. The molecule has 0 bridgehead atoms. The van der Waals surface area contributed by atoms with Crippen molar-refractivity contribution in [2.75, 3.05) is 5.32 Å². The predicted octanol–water partition coefficient (Wildman–Crippen LogP) is 6.06. The maximum Gasteiger partial charge on any atom is 0.0390 e. The molecule has 1 nitrogen and oxygen atoms in total. The average molecular weight is 291 g/mol. The number of aryl methyl sites for hydroxylation is 2. The number of anilines is 1. The predicted molar refractivity (Wildman–Crippen MR) is 99.0 cm³/mol. The summed E-state index contributed by atoms with van der Waals surface area (Å²) in [4.78, 5) is 0.